The summed E-state index contributed by atoms with van der Waals surface area (Å²) in [6.07, 6.45) is 1.49. The van der Waals surface area contributed by atoms with Gasteiger partial charge in [0, 0.05) is 17.1 Å². The number of rotatable bonds is 4. The number of anilines is 1. The number of para-hydroxylation sites is 1. The number of hydrogen-bond donors (Lipinski definition) is 1. The van der Waals surface area contributed by atoms with Crippen molar-refractivity contribution in [1.29, 1.82) is 5.26 Å². The van der Waals surface area contributed by atoms with Crippen molar-refractivity contribution < 1.29 is 4.39 Å². The van der Waals surface area contributed by atoms with E-state index in [-0.39, 0.29) is 5.82 Å². The first-order valence-corrected chi connectivity index (χ1v) is 8.61. The standard InChI is InChI=1S/C20H16FN3S/c1-13-7-8-15(9-14(13)2)19-12-25-20(24-19)16(10-22)11-23-18-6-4-3-5-17(18)21/h3-9,11-12,23H,1-2H3/b16-11+. The Morgan fingerprint density at radius 2 is 2.00 bits per heavy atom. The molecule has 0 atom stereocenters. The first-order chi connectivity index (χ1) is 12.1. The predicted octanol–water partition coefficient (Wildman–Crippen LogP) is 5.54. The second kappa shape index (κ2) is 7.29. The van der Waals surface area contributed by atoms with Crippen LogP contribution in [0.2, 0.25) is 0 Å². The molecular formula is C20H16FN3S. The summed E-state index contributed by atoms with van der Waals surface area (Å²) >= 11 is 1.39. The van der Waals surface area contributed by atoms with Crippen LogP contribution < -0.4 is 5.32 Å². The van der Waals surface area contributed by atoms with E-state index >= 15 is 0 Å². The molecule has 0 amide bonds. The van der Waals surface area contributed by atoms with Crippen LogP contribution in [0.5, 0.6) is 0 Å². The van der Waals surface area contributed by atoms with Gasteiger partial charge in [-0.3, -0.25) is 0 Å². The van der Waals surface area contributed by atoms with E-state index in [1.165, 1.54) is 34.7 Å². The van der Waals surface area contributed by atoms with E-state index in [9.17, 15) is 9.65 Å². The molecule has 3 aromatic rings. The fourth-order valence-electron chi connectivity index (χ4n) is 2.30. The minimum atomic E-state index is -0.369. The lowest BCUT2D eigenvalue weighted by Crippen LogP contribution is -1.93. The average molecular weight is 349 g/mol. The Morgan fingerprint density at radius 3 is 2.72 bits per heavy atom. The summed E-state index contributed by atoms with van der Waals surface area (Å²) in [5.74, 6) is -0.369. The van der Waals surface area contributed by atoms with Gasteiger partial charge in [0.1, 0.15) is 22.5 Å². The van der Waals surface area contributed by atoms with Crippen LogP contribution in [0.1, 0.15) is 16.1 Å². The number of aryl methyl sites for hydroxylation is 2. The van der Waals surface area contributed by atoms with Gasteiger partial charge in [-0.15, -0.1) is 11.3 Å². The molecule has 0 aliphatic rings. The highest BCUT2D eigenvalue weighted by molar-refractivity contribution is 7.11. The van der Waals surface area contributed by atoms with E-state index in [1.54, 1.807) is 18.2 Å². The molecule has 0 bridgehead atoms. The zero-order valence-corrected chi connectivity index (χ0v) is 14.7. The highest BCUT2D eigenvalue weighted by Crippen LogP contribution is 2.27. The third-order valence-electron chi connectivity index (χ3n) is 3.90. The number of nitrogens with one attached hydrogen (secondary N) is 1. The third-order valence-corrected chi connectivity index (χ3v) is 4.78. The van der Waals surface area contributed by atoms with Gasteiger partial charge in [-0.2, -0.15) is 5.26 Å². The van der Waals surface area contributed by atoms with Gasteiger partial charge < -0.3 is 5.32 Å². The summed E-state index contributed by atoms with van der Waals surface area (Å²) in [4.78, 5) is 4.55. The Bertz CT molecular complexity index is 983. The van der Waals surface area contributed by atoms with Crippen LogP contribution in [0.4, 0.5) is 10.1 Å². The molecule has 0 aliphatic heterocycles. The molecule has 2 aromatic carbocycles. The zero-order chi connectivity index (χ0) is 17.8. The molecule has 5 heteroatoms. The SMILES string of the molecule is Cc1ccc(-c2csc(/C(C#N)=C/Nc3ccccc3F)n2)cc1C. The minimum Gasteiger partial charge on any atom is -0.358 e. The normalized spacial score (nSPS) is 11.2. The number of benzene rings is 2. The smallest absolute Gasteiger partial charge is 0.146 e. The predicted molar refractivity (Wildman–Crippen MR) is 101 cm³/mol. The van der Waals surface area contributed by atoms with E-state index in [2.05, 4.69) is 42.4 Å². The summed E-state index contributed by atoms with van der Waals surface area (Å²) in [7, 11) is 0. The number of aromatic nitrogens is 1. The second-order valence-corrected chi connectivity index (χ2v) is 6.49. The fourth-order valence-corrected chi connectivity index (χ4v) is 3.10. The van der Waals surface area contributed by atoms with Crippen molar-refractivity contribution in [1.82, 2.24) is 4.98 Å². The van der Waals surface area contributed by atoms with E-state index in [1.807, 2.05) is 11.4 Å². The zero-order valence-electron chi connectivity index (χ0n) is 13.9. The molecule has 0 spiro atoms. The maximum absolute atomic E-state index is 13.7. The van der Waals surface area contributed by atoms with E-state index in [4.69, 9.17) is 0 Å². The number of nitriles is 1. The number of halogens is 1. The molecule has 0 unspecified atom stereocenters. The first kappa shape index (κ1) is 16.9. The molecule has 3 rings (SSSR count). The Balaban J connectivity index is 1.86. The maximum atomic E-state index is 13.7. The molecule has 0 aliphatic carbocycles. The molecule has 0 radical (unpaired) electrons. The monoisotopic (exact) mass is 349 g/mol. The average Bonchev–Trinajstić information content (AvgIpc) is 3.09. The van der Waals surface area contributed by atoms with Crippen molar-refractivity contribution in [2.24, 2.45) is 0 Å². The van der Waals surface area contributed by atoms with Gasteiger partial charge in [0.25, 0.3) is 0 Å². The van der Waals surface area contributed by atoms with Crippen molar-refractivity contribution in [3.05, 3.63) is 76.0 Å². The second-order valence-electron chi connectivity index (χ2n) is 5.63. The van der Waals surface area contributed by atoms with Crippen LogP contribution in [0.15, 0.2) is 54.0 Å². The van der Waals surface area contributed by atoms with Gasteiger partial charge in [0.15, 0.2) is 0 Å². The molecule has 124 valence electrons. The Labute approximate surface area is 150 Å². The summed E-state index contributed by atoms with van der Waals surface area (Å²) in [6.45, 7) is 4.13. The van der Waals surface area contributed by atoms with E-state index in [0.29, 0.717) is 16.3 Å². The summed E-state index contributed by atoms with van der Waals surface area (Å²) < 4.78 is 13.7. The quantitative estimate of drug-likeness (QED) is 0.629. The van der Waals surface area contributed by atoms with Crippen molar-refractivity contribution in [3.63, 3.8) is 0 Å². The fraction of sp³-hybridized carbons (Fsp3) is 0.100. The first-order valence-electron chi connectivity index (χ1n) is 7.73. The lowest BCUT2D eigenvalue weighted by Gasteiger charge is -2.03. The maximum Gasteiger partial charge on any atom is 0.146 e. The number of hydrogen-bond acceptors (Lipinski definition) is 4. The molecule has 3 nitrogen and oxygen atoms in total. The van der Waals surface area contributed by atoms with Crippen molar-refractivity contribution in [3.8, 4) is 17.3 Å². The van der Waals surface area contributed by atoms with Crippen LogP contribution >= 0.6 is 11.3 Å². The molecule has 25 heavy (non-hydrogen) atoms. The van der Waals surface area contributed by atoms with Crippen LogP contribution in [0, 0.1) is 31.0 Å². The number of nitrogens with zero attached hydrogens (tertiary/aromatic N) is 2. The number of thiazole rings is 1. The summed E-state index contributed by atoms with van der Waals surface area (Å²) in [5.41, 5.74) is 4.96. The lowest BCUT2D eigenvalue weighted by atomic mass is 10.1. The molecule has 0 saturated heterocycles. The topological polar surface area (TPSA) is 48.7 Å². The molecule has 1 aromatic heterocycles. The van der Waals surface area contributed by atoms with Crippen molar-refractivity contribution in [2.45, 2.75) is 13.8 Å². The third kappa shape index (κ3) is 3.76. The minimum absolute atomic E-state index is 0.321. The van der Waals surface area contributed by atoms with Gasteiger partial charge in [-0.05, 0) is 43.2 Å². The summed E-state index contributed by atoms with van der Waals surface area (Å²) in [5, 5.41) is 14.8. The Morgan fingerprint density at radius 1 is 1.20 bits per heavy atom. The molecule has 1 heterocycles. The van der Waals surface area contributed by atoms with E-state index in [0.717, 1.165) is 11.3 Å². The van der Waals surface area contributed by atoms with Gasteiger partial charge >= 0.3 is 0 Å². The molecule has 0 fully saturated rings. The lowest BCUT2D eigenvalue weighted by molar-refractivity contribution is 0.632. The van der Waals surface area contributed by atoms with Crippen molar-refractivity contribution >= 4 is 22.6 Å². The van der Waals surface area contributed by atoms with Gasteiger partial charge in [0.2, 0.25) is 0 Å². The van der Waals surface area contributed by atoms with Gasteiger partial charge in [-0.1, -0.05) is 24.3 Å². The molecule has 0 saturated carbocycles. The Hall–Kier alpha value is -2.97. The van der Waals surface area contributed by atoms with Gasteiger partial charge in [-0.25, -0.2) is 9.37 Å². The van der Waals surface area contributed by atoms with Crippen molar-refractivity contribution in [2.75, 3.05) is 5.32 Å². The van der Waals surface area contributed by atoms with E-state index < -0.39 is 0 Å². The molecule has 1 N–H and O–H groups in total. The summed E-state index contributed by atoms with van der Waals surface area (Å²) in [6, 6.07) is 14.6. The van der Waals surface area contributed by atoms with Crippen LogP contribution in [-0.4, -0.2) is 4.98 Å². The highest BCUT2D eigenvalue weighted by Gasteiger charge is 2.10. The van der Waals surface area contributed by atoms with Crippen LogP contribution in [0.3, 0.4) is 0 Å². The Kier molecular flexibility index (Phi) is 4.92. The largest absolute Gasteiger partial charge is 0.358 e. The van der Waals surface area contributed by atoms with Crippen LogP contribution in [0.25, 0.3) is 16.8 Å². The van der Waals surface area contributed by atoms with Gasteiger partial charge in [0.05, 0.1) is 11.4 Å². The van der Waals surface area contributed by atoms with Crippen LogP contribution in [-0.2, 0) is 0 Å². The molecular weight excluding hydrogens is 333 g/mol. The highest BCUT2D eigenvalue weighted by atomic mass is 32.1. The number of allylic oxidation sites excluding steroid dienone is 1.